The SMILES string of the molecule is NCCCC(O)Cc1ccc(Cl)cc1. The van der Waals surface area contributed by atoms with Gasteiger partial charge in [0.25, 0.3) is 0 Å². The molecule has 0 aliphatic rings. The van der Waals surface area contributed by atoms with E-state index in [-0.39, 0.29) is 6.10 Å². The highest BCUT2D eigenvalue weighted by molar-refractivity contribution is 6.30. The molecule has 0 amide bonds. The molecule has 0 aliphatic carbocycles. The van der Waals surface area contributed by atoms with Gasteiger partial charge < -0.3 is 10.8 Å². The fourth-order valence-electron chi connectivity index (χ4n) is 1.35. The predicted octanol–water partition coefficient (Wildman–Crippen LogP) is 1.98. The summed E-state index contributed by atoms with van der Waals surface area (Å²) in [5.74, 6) is 0. The van der Waals surface area contributed by atoms with Gasteiger partial charge in [0.2, 0.25) is 0 Å². The molecule has 1 atom stereocenters. The Labute approximate surface area is 89.7 Å². The normalized spacial score (nSPS) is 12.8. The summed E-state index contributed by atoms with van der Waals surface area (Å²) in [5.41, 5.74) is 6.47. The van der Waals surface area contributed by atoms with E-state index in [0.717, 1.165) is 23.4 Å². The van der Waals surface area contributed by atoms with Crippen molar-refractivity contribution in [3.05, 3.63) is 34.9 Å². The second kappa shape index (κ2) is 6.02. The van der Waals surface area contributed by atoms with Crippen molar-refractivity contribution in [2.45, 2.75) is 25.4 Å². The highest BCUT2D eigenvalue weighted by Crippen LogP contribution is 2.12. The third kappa shape index (κ3) is 4.09. The van der Waals surface area contributed by atoms with Gasteiger partial charge in [-0.2, -0.15) is 0 Å². The van der Waals surface area contributed by atoms with Crippen LogP contribution in [-0.2, 0) is 6.42 Å². The molecule has 0 fully saturated rings. The minimum Gasteiger partial charge on any atom is -0.393 e. The molecule has 1 aromatic carbocycles. The van der Waals surface area contributed by atoms with E-state index >= 15 is 0 Å². The lowest BCUT2D eigenvalue weighted by molar-refractivity contribution is 0.163. The molecule has 0 saturated heterocycles. The van der Waals surface area contributed by atoms with E-state index in [0.29, 0.717) is 13.0 Å². The lowest BCUT2D eigenvalue weighted by atomic mass is 10.0. The van der Waals surface area contributed by atoms with Crippen molar-refractivity contribution in [1.82, 2.24) is 0 Å². The van der Waals surface area contributed by atoms with Crippen LogP contribution in [0, 0.1) is 0 Å². The lowest BCUT2D eigenvalue weighted by Gasteiger charge is -2.09. The molecule has 78 valence electrons. The van der Waals surface area contributed by atoms with Gasteiger partial charge in [0.05, 0.1) is 6.10 Å². The van der Waals surface area contributed by atoms with Crippen LogP contribution in [0.5, 0.6) is 0 Å². The largest absolute Gasteiger partial charge is 0.393 e. The number of nitrogens with two attached hydrogens (primary N) is 1. The van der Waals surface area contributed by atoms with Gasteiger partial charge in [-0.05, 0) is 43.5 Å². The van der Waals surface area contributed by atoms with E-state index in [1.807, 2.05) is 24.3 Å². The molecule has 1 aromatic rings. The Hall–Kier alpha value is -0.570. The third-order valence-electron chi connectivity index (χ3n) is 2.13. The second-order valence-corrected chi connectivity index (χ2v) is 3.85. The number of hydrogen-bond donors (Lipinski definition) is 2. The first-order valence-electron chi connectivity index (χ1n) is 4.85. The monoisotopic (exact) mass is 213 g/mol. The van der Waals surface area contributed by atoms with Gasteiger partial charge in [-0.25, -0.2) is 0 Å². The number of rotatable bonds is 5. The molecule has 3 heteroatoms. The Kier molecular flexibility index (Phi) is 4.94. The maximum atomic E-state index is 9.61. The van der Waals surface area contributed by atoms with E-state index < -0.39 is 0 Å². The summed E-state index contributed by atoms with van der Waals surface area (Å²) in [6.45, 7) is 0.637. The molecule has 2 nitrogen and oxygen atoms in total. The van der Waals surface area contributed by atoms with E-state index in [1.54, 1.807) is 0 Å². The van der Waals surface area contributed by atoms with Crippen molar-refractivity contribution in [3.63, 3.8) is 0 Å². The van der Waals surface area contributed by atoms with Gasteiger partial charge in [0.1, 0.15) is 0 Å². The molecule has 0 radical (unpaired) electrons. The average molecular weight is 214 g/mol. The summed E-state index contributed by atoms with van der Waals surface area (Å²) < 4.78 is 0. The zero-order valence-electron chi connectivity index (χ0n) is 8.12. The maximum Gasteiger partial charge on any atom is 0.0581 e. The van der Waals surface area contributed by atoms with Gasteiger partial charge in [0, 0.05) is 5.02 Å². The molecule has 0 aliphatic heterocycles. The van der Waals surface area contributed by atoms with Crippen LogP contribution in [0.2, 0.25) is 5.02 Å². The van der Waals surface area contributed by atoms with Crippen molar-refractivity contribution < 1.29 is 5.11 Å². The first-order valence-corrected chi connectivity index (χ1v) is 5.22. The van der Waals surface area contributed by atoms with E-state index in [1.165, 1.54) is 0 Å². The Morgan fingerprint density at radius 3 is 2.50 bits per heavy atom. The molecule has 0 heterocycles. The van der Waals surface area contributed by atoms with Gasteiger partial charge in [-0.1, -0.05) is 23.7 Å². The number of aliphatic hydroxyl groups excluding tert-OH is 1. The summed E-state index contributed by atoms with van der Waals surface area (Å²) in [7, 11) is 0. The third-order valence-corrected chi connectivity index (χ3v) is 2.38. The molecule has 0 aromatic heterocycles. The first kappa shape index (κ1) is 11.5. The van der Waals surface area contributed by atoms with Gasteiger partial charge >= 0.3 is 0 Å². The minimum absolute atomic E-state index is 0.292. The summed E-state index contributed by atoms with van der Waals surface area (Å²) in [6.07, 6.45) is 2.02. The fraction of sp³-hybridized carbons (Fsp3) is 0.455. The van der Waals surface area contributed by atoms with Gasteiger partial charge in [-0.15, -0.1) is 0 Å². The average Bonchev–Trinajstić information content (AvgIpc) is 2.18. The molecule has 3 N–H and O–H groups in total. The highest BCUT2D eigenvalue weighted by atomic mass is 35.5. The van der Waals surface area contributed by atoms with Crippen molar-refractivity contribution in [2.75, 3.05) is 6.54 Å². The maximum absolute atomic E-state index is 9.61. The quantitative estimate of drug-likeness (QED) is 0.786. The Bertz CT molecular complexity index is 260. The van der Waals surface area contributed by atoms with Crippen LogP contribution >= 0.6 is 11.6 Å². The van der Waals surface area contributed by atoms with Crippen molar-refractivity contribution in [2.24, 2.45) is 5.73 Å². The Morgan fingerprint density at radius 2 is 1.93 bits per heavy atom. The standard InChI is InChI=1S/C11H16ClNO/c12-10-5-3-9(4-6-10)8-11(14)2-1-7-13/h3-6,11,14H,1-2,7-8,13H2. The topological polar surface area (TPSA) is 46.2 Å². The van der Waals surface area contributed by atoms with Crippen molar-refractivity contribution in [3.8, 4) is 0 Å². The van der Waals surface area contributed by atoms with Crippen LogP contribution in [0.1, 0.15) is 18.4 Å². The zero-order chi connectivity index (χ0) is 10.4. The Morgan fingerprint density at radius 1 is 1.29 bits per heavy atom. The molecule has 0 bridgehead atoms. The highest BCUT2D eigenvalue weighted by Gasteiger charge is 2.04. The Balaban J connectivity index is 2.39. The van der Waals surface area contributed by atoms with Crippen LogP contribution in [0.4, 0.5) is 0 Å². The molecule has 0 saturated carbocycles. The summed E-state index contributed by atoms with van der Waals surface area (Å²) in [4.78, 5) is 0. The molecule has 0 spiro atoms. The lowest BCUT2D eigenvalue weighted by Crippen LogP contribution is -2.12. The van der Waals surface area contributed by atoms with Gasteiger partial charge in [0.15, 0.2) is 0 Å². The summed E-state index contributed by atoms with van der Waals surface area (Å²) >= 11 is 5.75. The molecule has 14 heavy (non-hydrogen) atoms. The fourth-order valence-corrected chi connectivity index (χ4v) is 1.47. The number of aliphatic hydroxyl groups is 1. The number of hydrogen-bond acceptors (Lipinski definition) is 2. The summed E-state index contributed by atoms with van der Waals surface area (Å²) in [6, 6.07) is 7.56. The second-order valence-electron chi connectivity index (χ2n) is 3.42. The van der Waals surface area contributed by atoms with E-state index in [2.05, 4.69) is 0 Å². The van der Waals surface area contributed by atoms with Crippen LogP contribution in [0.15, 0.2) is 24.3 Å². The van der Waals surface area contributed by atoms with E-state index in [4.69, 9.17) is 17.3 Å². The summed E-state index contributed by atoms with van der Waals surface area (Å²) in [5, 5.41) is 10.3. The van der Waals surface area contributed by atoms with Crippen molar-refractivity contribution in [1.29, 1.82) is 0 Å². The molecule has 1 unspecified atom stereocenters. The van der Waals surface area contributed by atoms with Crippen LogP contribution in [-0.4, -0.2) is 17.8 Å². The van der Waals surface area contributed by atoms with Crippen LogP contribution < -0.4 is 5.73 Å². The number of benzene rings is 1. The first-order chi connectivity index (χ1) is 6.72. The molecular weight excluding hydrogens is 198 g/mol. The minimum atomic E-state index is -0.292. The number of halogens is 1. The van der Waals surface area contributed by atoms with Gasteiger partial charge in [-0.3, -0.25) is 0 Å². The molecule has 1 rings (SSSR count). The molecular formula is C11H16ClNO. The van der Waals surface area contributed by atoms with E-state index in [9.17, 15) is 5.11 Å². The smallest absolute Gasteiger partial charge is 0.0581 e. The van der Waals surface area contributed by atoms with Crippen LogP contribution in [0.3, 0.4) is 0 Å². The van der Waals surface area contributed by atoms with Crippen molar-refractivity contribution >= 4 is 11.6 Å². The zero-order valence-corrected chi connectivity index (χ0v) is 8.87. The predicted molar refractivity (Wildman–Crippen MR) is 59.5 cm³/mol. The van der Waals surface area contributed by atoms with Crippen LogP contribution in [0.25, 0.3) is 0 Å².